The number of rotatable bonds is 8. The lowest BCUT2D eigenvalue weighted by atomic mass is 10.1. The van der Waals surface area contributed by atoms with Crippen LogP contribution in [-0.4, -0.2) is 32.2 Å². The second-order valence-electron chi connectivity index (χ2n) is 5.96. The van der Waals surface area contributed by atoms with E-state index in [1.807, 2.05) is 6.07 Å². The van der Waals surface area contributed by atoms with Crippen LogP contribution < -0.4 is 5.32 Å². The van der Waals surface area contributed by atoms with E-state index in [9.17, 15) is 17.6 Å². The zero-order valence-electron chi connectivity index (χ0n) is 14.9. The number of benzene rings is 2. The van der Waals surface area contributed by atoms with E-state index in [1.54, 1.807) is 24.3 Å². The molecule has 2 aromatic carbocycles. The van der Waals surface area contributed by atoms with Gasteiger partial charge >= 0.3 is 0 Å². The molecule has 0 heterocycles. The molecule has 0 aliphatic carbocycles. The van der Waals surface area contributed by atoms with Crippen LogP contribution >= 0.6 is 0 Å². The highest BCUT2D eigenvalue weighted by atomic mass is 32.2. The predicted octanol–water partition coefficient (Wildman–Crippen LogP) is 2.93. The minimum absolute atomic E-state index is 0.00769. The van der Waals surface area contributed by atoms with E-state index in [2.05, 4.69) is 5.32 Å². The van der Waals surface area contributed by atoms with Gasteiger partial charge in [0.25, 0.3) is 0 Å². The summed E-state index contributed by atoms with van der Waals surface area (Å²) in [5.41, 5.74) is 1.48. The van der Waals surface area contributed by atoms with Crippen molar-refractivity contribution in [3.8, 4) is 6.07 Å². The van der Waals surface area contributed by atoms with Crippen molar-refractivity contribution in [3.05, 3.63) is 59.9 Å². The van der Waals surface area contributed by atoms with E-state index in [0.717, 1.165) is 22.0 Å². The molecule has 0 fully saturated rings. The molecule has 0 saturated heterocycles. The Kier molecular flexibility index (Phi) is 7.05. The van der Waals surface area contributed by atoms with Gasteiger partial charge in [-0.15, -0.1) is 0 Å². The third-order valence-corrected chi connectivity index (χ3v) is 5.79. The Morgan fingerprint density at radius 3 is 2.37 bits per heavy atom. The maximum atomic E-state index is 12.9. The van der Waals surface area contributed by atoms with Gasteiger partial charge in [-0.3, -0.25) is 4.79 Å². The van der Waals surface area contributed by atoms with Gasteiger partial charge in [-0.1, -0.05) is 12.1 Å². The molecular formula is C19H20FN3O3S. The fourth-order valence-electron chi connectivity index (χ4n) is 2.39. The Labute approximate surface area is 158 Å². The zero-order valence-corrected chi connectivity index (χ0v) is 15.7. The van der Waals surface area contributed by atoms with Gasteiger partial charge < -0.3 is 5.32 Å². The maximum Gasteiger partial charge on any atom is 0.242 e. The number of hydrogen-bond donors (Lipinski definition) is 1. The molecular weight excluding hydrogens is 369 g/mol. The molecule has 0 aliphatic heterocycles. The van der Waals surface area contributed by atoms with Crippen LogP contribution in [0.2, 0.25) is 0 Å². The summed E-state index contributed by atoms with van der Waals surface area (Å²) in [4.78, 5) is 12.0. The Morgan fingerprint density at radius 1 is 1.15 bits per heavy atom. The first-order chi connectivity index (χ1) is 12.8. The third kappa shape index (κ3) is 5.88. The van der Waals surface area contributed by atoms with Crippen LogP contribution in [0.25, 0.3) is 0 Å². The van der Waals surface area contributed by atoms with Crippen molar-refractivity contribution in [2.75, 3.05) is 18.9 Å². The van der Waals surface area contributed by atoms with E-state index in [0.29, 0.717) is 18.5 Å². The number of nitrogens with one attached hydrogen (secondary N) is 1. The molecule has 0 radical (unpaired) electrons. The molecule has 1 N–H and O–H groups in total. The van der Waals surface area contributed by atoms with Crippen LogP contribution in [0.3, 0.4) is 0 Å². The lowest BCUT2D eigenvalue weighted by molar-refractivity contribution is -0.116. The van der Waals surface area contributed by atoms with E-state index in [4.69, 9.17) is 5.26 Å². The second-order valence-corrected chi connectivity index (χ2v) is 8.01. The fourth-order valence-corrected chi connectivity index (χ4v) is 3.60. The molecule has 0 saturated carbocycles. The van der Waals surface area contributed by atoms with E-state index in [1.165, 1.54) is 19.2 Å². The summed E-state index contributed by atoms with van der Waals surface area (Å²) in [5.74, 6) is -0.732. The van der Waals surface area contributed by atoms with E-state index >= 15 is 0 Å². The number of hydrogen-bond acceptors (Lipinski definition) is 4. The van der Waals surface area contributed by atoms with Crippen LogP contribution in [0.4, 0.5) is 10.1 Å². The molecule has 0 spiro atoms. The third-order valence-electron chi connectivity index (χ3n) is 3.92. The van der Waals surface area contributed by atoms with Gasteiger partial charge in [0.05, 0.1) is 17.4 Å². The average molecular weight is 389 g/mol. The highest BCUT2D eigenvalue weighted by Gasteiger charge is 2.20. The summed E-state index contributed by atoms with van der Waals surface area (Å²) < 4.78 is 38.8. The molecule has 142 valence electrons. The SMILES string of the molecule is CN(CCCC(=O)Nc1ccc(CC#N)cc1)S(=O)(=O)c1ccc(F)cc1. The number of sulfonamides is 1. The molecule has 2 rings (SSSR count). The number of carbonyl (C=O) groups excluding carboxylic acids is 1. The summed E-state index contributed by atoms with van der Waals surface area (Å²) >= 11 is 0. The van der Waals surface area contributed by atoms with Crippen molar-refractivity contribution < 1.29 is 17.6 Å². The molecule has 0 aromatic heterocycles. The summed E-state index contributed by atoms with van der Waals surface area (Å²) in [6.07, 6.45) is 0.807. The number of nitrogens with zero attached hydrogens (tertiary/aromatic N) is 2. The molecule has 0 unspecified atom stereocenters. The van der Waals surface area contributed by atoms with Crippen LogP contribution in [0.1, 0.15) is 18.4 Å². The van der Waals surface area contributed by atoms with Gasteiger partial charge in [0.15, 0.2) is 0 Å². The minimum Gasteiger partial charge on any atom is -0.326 e. The molecule has 1 amide bonds. The smallest absolute Gasteiger partial charge is 0.242 e. The molecule has 2 aromatic rings. The lowest BCUT2D eigenvalue weighted by Crippen LogP contribution is -2.28. The first-order valence-corrected chi connectivity index (χ1v) is 9.74. The molecule has 0 atom stereocenters. The quantitative estimate of drug-likeness (QED) is 0.752. The topological polar surface area (TPSA) is 90.3 Å². The molecule has 8 heteroatoms. The van der Waals surface area contributed by atoms with Gasteiger partial charge in [0.2, 0.25) is 15.9 Å². The Hall–Kier alpha value is -2.76. The molecule has 0 aliphatic rings. The Balaban J connectivity index is 1.83. The predicted molar refractivity (Wildman–Crippen MR) is 99.8 cm³/mol. The number of anilines is 1. The Bertz CT molecular complexity index is 920. The summed E-state index contributed by atoms with van der Waals surface area (Å²) in [6, 6.07) is 13.6. The number of halogens is 1. The minimum atomic E-state index is -3.71. The summed E-state index contributed by atoms with van der Waals surface area (Å²) in [5, 5.41) is 11.4. The fraction of sp³-hybridized carbons (Fsp3) is 0.263. The van der Waals surface area contributed by atoms with E-state index < -0.39 is 15.8 Å². The monoisotopic (exact) mass is 389 g/mol. The first-order valence-electron chi connectivity index (χ1n) is 8.30. The largest absolute Gasteiger partial charge is 0.326 e. The van der Waals surface area contributed by atoms with Crippen molar-refractivity contribution >= 4 is 21.6 Å². The highest BCUT2D eigenvalue weighted by molar-refractivity contribution is 7.89. The molecule has 0 bridgehead atoms. The molecule has 27 heavy (non-hydrogen) atoms. The summed E-state index contributed by atoms with van der Waals surface area (Å²) in [7, 11) is -2.29. The van der Waals surface area contributed by atoms with Crippen molar-refractivity contribution in [1.82, 2.24) is 4.31 Å². The van der Waals surface area contributed by atoms with Crippen molar-refractivity contribution in [1.29, 1.82) is 5.26 Å². The summed E-state index contributed by atoms with van der Waals surface area (Å²) in [6.45, 7) is 0.161. The number of nitriles is 1. The van der Waals surface area contributed by atoms with Gasteiger partial charge in [-0.2, -0.15) is 5.26 Å². The lowest BCUT2D eigenvalue weighted by Gasteiger charge is -2.17. The standard InChI is InChI=1S/C19H20FN3O3S/c1-23(27(25,26)18-10-6-16(20)7-11-18)14-2-3-19(24)22-17-8-4-15(5-9-17)12-13-21/h4-11H,2-3,12,14H2,1H3,(H,22,24). The molecule has 6 nitrogen and oxygen atoms in total. The van der Waals surface area contributed by atoms with Gasteiger partial charge in [-0.25, -0.2) is 17.1 Å². The van der Waals surface area contributed by atoms with Gasteiger partial charge in [0.1, 0.15) is 5.82 Å². The zero-order chi connectivity index (χ0) is 19.9. The number of amides is 1. The number of carbonyl (C=O) groups is 1. The van der Waals surface area contributed by atoms with Crippen LogP contribution in [-0.2, 0) is 21.2 Å². The Morgan fingerprint density at radius 2 is 1.78 bits per heavy atom. The average Bonchev–Trinajstić information content (AvgIpc) is 2.64. The first kappa shape index (κ1) is 20.6. The van der Waals surface area contributed by atoms with Gasteiger partial charge in [0, 0.05) is 25.7 Å². The van der Waals surface area contributed by atoms with Crippen LogP contribution in [0.15, 0.2) is 53.4 Å². The van der Waals surface area contributed by atoms with Crippen molar-refractivity contribution in [2.45, 2.75) is 24.2 Å². The van der Waals surface area contributed by atoms with Crippen molar-refractivity contribution in [3.63, 3.8) is 0 Å². The van der Waals surface area contributed by atoms with Crippen LogP contribution in [0.5, 0.6) is 0 Å². The highest BCUT2D eigenvalue weighted by Crippen LogP contribution is 2.16. The normalized spacial score (nSPS) is 11.2. The van der Waals surface area contributed by atoms with Crippen LogP contribution in [0, 0.1) is 17.1 Å². The maximum absolute atomic E-state index is 12.9. The van der Waals surface area contributed by atoms with Crippen molar-refractivity contribution in [2.24, 2.45) is 0 Å². The second kappa shape index (κ2) is 9.26. The van der Waals surface area contributed by atoms with Gasteiger partial charge in [-0.05, 0) is 48.4 Å². The van der Waals surface area contributed by atoms with E-state index in [-0.39, 0.29) is 23.8 Å².